The fourth-order valence-electron chi connectivity index (χ4n) is 1.95. The van der Waals surface area contributed by atoms with E-state index in [9.17, 15) is 0 Å². The van der Waals surface area contributed by atoms with Crippen LogP contribution in [0, 0.1) is 0 Å². The van der Waals surface area contributed by atoms with Crippen molar-refractivity contribution in [2.75, 3.05) is 14.1 Å². The topological polar surface area (TPSA) is 36.4 Å². The van der Waals surface area contributed by atoms with Gasteiger partial charge in [-0.2, -0.15) is 0 Å². The number of benzene rings is 2. The normalized spacial score (nSPS) is 13.1. The summed E-state index contributed by atoms with van der Waals surface area (Å²) in [5.74, 6) is 0.879. The molecule has 2 aromatic carbocycles. The van der Waals surface area contributed by atoms with Crippen LogP contribution in [0.15, 0.2) is 65.7 Å². The van der Waals surface area contributed by atoms with Gasteiger partial charge in [0, 0.05) is 12.6 Å². The maximum atomic E-state index is 4.75. The van der Waals surface area contributed by atoms with Gasteiger partial charge in [0.1, 0.15) is 12.0 Å². The quantitative estimate of drug-likeness (QED) is 0.649. The molecule has 19 heavy (non-hydrogen) atoms. The standard InChI is InChI=1S/C16H19N3/c1-17-15(13-9-5-3-6-10-13)19-16(18-2)14-11-7-4-8-12-14/h3-12,15,17H,1-2H3,(H,18,19). The molecule has 0 heterocycles. The first-order valence-electron chi connectivity index (χ1n) is 6.38. The lowest BCUT2D eigenvalue weighted by molar-refractivity contribution is 0.622. The Kier molecular flexibility index (Phi) is 4.70. The van der Waals surface area contributed by atoms with Gasteiger partial charge in [-0.25, -0.2) is 4.99 Å². The highest BCUT2D eigenvalue weighted by atomic mass is 15.1. The highest BCUT2D eigenvalue weighted by Crippen LogP contribution is 2.14. The monoisotopic (exact) mass is 253 g/mol. The van der Waals surface area contributed by atoms with Crippen LogP contribution in [0.25, 0.3) is 0 Å². The summed E-state index contributed by atoms with van der Waals surface area (Å²) in [6.45, 7) is 0. The first-order chi connectivity index (χ1) is 9.35. The highest BCUT2D eigenvalue weighted by molar-refractivity contribution is 5.98. The van der Waals surface area contributed by atoms with E-state index in [1.165, 1.54) is 0 Å². The average molecular weight is 253 g/mol. The molecule has 0 aliphatic carbocycles. The molecule has 2 rings (SSSR count). The summed E-state index contributed by atoms with van der Waals surface area (Å²) < 4.78 is 0. The summed E-state index contributed by atoms with van der Waals surface area (Å²) in [6.07, 6.45) is -0.0520. The van der Waals surface area contributed by atoms with Gasteiger partial charge in [-0.1, -0.05) is 60.7 Å². The van der Waals surface area contributed by atoms with E-state index < -0.39 is 0 Å². The summed E-state index contributed by atoms with van der Waals surface area (Å²) in [6, 6.07) is 20.3. The highest BCUT2D eigenvalue weighted by Gasteiger charge is 2.09. The number of amidine groups is 1. The van der Waals surface area contributed by atoms with Crippen molar-refractivity contribution < 1.29 is 0 Å². The first kappa shape index (κ1) is 13.3. The largest absolute Gasteiger partial charge is 0.373 e. The third kappa shape index (κ3) is 3.42. The molecule has 0 amide bonds. The Morgan fingerprint density at radius 3 is 2.00 bits per heavy atom. The number of rotatable bonds is 4. The van der Waals surface area contributed by atoms with E-state index in [4.69, 9.17) is 4.99 Å². The third-order valence-corrected chi connectivity index (χ3v) is 2.93. The Morgan fingerprint density at radius 2 is 1.47 bits per heavy atom. The number of hydrogen-bond donors (Lipinski definition) is 2. The van der Waals surface area contributed by atoms with E-state index in [2.05, 4.69) is 22.8 Å². The van der Waals surface area contributed by atoms with Crippen molar-refractivity contribution in [2.24, 2.45) is 4.99 Å². The van der Waals surface area contributed by atoms with Crippen LogP contribution >= 0.6 is 0 Å². The van der Waals surface area contributed by atoms with Crippen LogP contribution in [0.1, 0.15) is 17.3 Å². The van der Waals surface area contributed by atoms with Gasteiger partial charge < -0.3 is 5.32 Å². The second-order valence-corrected chi connectivity index (χ2v) is 4.20. The van der Waals surface area contributed by atoms with E-state index >= 15 is 0 Å². The van der Waals surface area contributed by atoms with Gasteiger partial charge in [-0.15, -0.1) is 0 Å². The van der Waals surface area contributed by atoms with E-state index in [1.807, 2.05) is 62.6 Å². The molecular weight excluding hydrogens is 234 g/mol. The minimum Gasteiger partial charge on any atom is -0.373 e. The van der Waals surface area contributed by atoms with Gasteiger partial charge in [0.05, 0.1) is 0 Å². The molecule has 3 heteroatoms. The van der Waals surface area contributed by atoms with Crippen molar-refractivity contribution in [2.45, 2.75) is 6.17 Å². The molecule has 1 atom stereocenters. The molecule has 2 aromatic rings. The van der Waals surface area contributed by atoms with Crippen molar-refractivity contribution in [1.82, 2.24) is 10.6 Å². The zero-order valence-electron chi connectivity index (χ0n) is 11.3. The molecule has 98 valence electrons. The van der Waals surface area contributed by atoms with Gasteiger partial charge in [0.25, 0.3) is 0 Å². The smallest absolute Gasteiger partial charge is 0.130 e. The van der Waals surface area contributed by atoms with Gasteiger partial charge in [-0.05, 0) is 12.6 Å². The van der Waals surface area contributed by atoms with Gasteiger partial charge in [0.15, 0.2) is 0 Å². The minimum absolute atomic E-state index is 0.0520. The average Bonchev–Trinajstić information content (AvgIpc) is 2.50. The fraction of sp³-hybridized carbons (Fsp3) is 0.188. The van der Waals surface area contributed by atoms with Gasteiger partial charge in [0.2, 0.25) is 0 Å². The summed E-state index contributed by atoms with van der Waals surface area (Å²) in [5, 5.41) is 6.39. The Labute approximate surface area is 114 Å². The first-order valence-corrected chi connectivity index (χ1v) is 6.38. The lowest BCUT2D eigenvalue weighted by Gasteiger charge is -2.15. The van der Waals surface area contributed by atoms with Crippen LogP contribution in [0.2, 0.25) is 0 Å². The molecule has 0 aromatic heterocycles. The van der Waals surface area contributed by atoms with Crippen LogP contribution in [-0.2, 0) is 0 Å². The summed E-state index contributed by atoms with van der Waals surface area (Å²) in [7, 11) is 3.81. The molecule has 1 unspecified atom stereocenters. The molecular formula is C16H19N3. The van der Waals surface area contributed by atoms with Crippen molar-refractivity contribution in [3.8, 4) is 0 Å². The molecule has 0 saturated heterocycles. The number of nitrogens with zero attached hydrogens (tertiary/aromatic N) is 1. The van der Waals surface area contributed by atoms with Crippen molar-refractivity contribution in [1.29, 1.82) is 0 Å². The van der Waals surface area contributed by atoms with Gasteiger partial charge in [-0.3, -0.25) is 5.32 Å². The van der Waals surface area contributed by atoms with Crippen LogP contribution in [0.5, 0.6) is 0 Å². The second kappa shape index (κ2) is 6.71. The Bertz CT molecular complexity index is 520. The molecule has 2 N–H and O–H groups in total. The maximum absolute atomic E-state index is 4.75. The van der Waals surface area contributed by atoms with E-state index in [0.717, 1.165) is 17.0 Å². The predicted molar refractivity (Wildman–Crippen MR) is 80.3 cm³/mol. The van der Waals surface area contributed by atoms with Crippen LogP contribution in [-0.4, -0.2) is 19.9 Å². The number of hydrogen-bond acceptors (Lipinski definition) is 2. The zero-order valence-corrected chi connectivity index (χ0v) is 11.3. The third-order valence-electron chi connectivity index (χ3n) is 2.93. The molecule has 0 aliphatic rings. The van der Waals surface area contributed by atoms with Crippen molar-refractivity contribution >= 4 is 5.84 Å². The molecule has 0 saturated carbocycles. The molecule has 0 aliphatic heterocycles. The lowest BCUT2D eigenvalue weighted by Crippen LogP contribution is -2.24. The molecule has 0 spiro atoms. The summed E-state index contributed by atoms with van der Waals surface area (Å²) >= 11 is 0. The van der Waals surface area contributed by atoms with Crippen LogP contribution in [0.3, 0.4) is 0 Å². The molecule has 0 bridgehead atoms. The Balaban J connectivity index is 2.31. The summed E-state index contributed by atoms with van der Waals surface area (Å²) in [5.41, 5.74) is 2.23. The van der Waals surface area contributed by atoms with E-state index in [-0.39, 0.29) is 6.17 Å². The second-order valence-electron chi connectivity index (χ2n) is 4.20. The Hall–Kier alpha value is -2.13. The number of nitrogens with one attached hydrogen (secondary N) is 2. The number of aliphatic imine (C=N–C) groups is 1. The lowest BCUT2D eigenvalue weighted by atomic mass is 10.1. The molecule has 0 radical (unpaired) electrons. The SMILES string of the molecule is CN/C(=N\C(NC)c1ccccc1)c1ccccc1. The van der Waals surface area contributed by atoms with Crippen LogP contribution < -0.4 is 10.6 Å². The van der Waals surface area contributed by atoms with E-state index in [0.29, 0.717) is 0 Å². The fourth-order valence-corrected chi connectivity index (χ4v) is 1.95. The Morgan fingerprint density at radius 1 is 0.895 bits per heavy atom. The molecule has 0 fully saturated rings. The van der Waals surface area contributed by atoms with E-state index in [1.54, 1.807) is 0 Å². The van der Waals surface area contributed by atoms with Crippen molar-refractivity contribution in [3.05, 3.63) is 71.8 Å². The minimum atomic E-state index is -0.0520. The predicted octanol–water partition coefficient (Wildman–Crippen LogP) is 2.57. The zero-order chi connectivity index (χ0) is 13.5. The van der Waals surface area contributed by atoms with Gasteiger partial charge >= 0.3 is 0 Å². The van der Waals surface area contributed by atoms with Crippen molar-refractivity contribution in [3.63, 3.8) is 0 Å². The maximum Gasteiger partial charge on any atom is 0.130 e. The van der Waals surface area contributed by atoms with Crippen LogP contribution in [0.4, 0.5) is 0 Å². The molecule has 3 nitrogen and oxygen atoms in total. The summed E-state index contributed by atoms with van der Waals surface area (Å²) in [4.78, 5) is 4.75.